The summed E-state index contributed by atoms with van der Waals surface area (Å²) in [5.74, 6) is 0. The minimum absolute atomic E-state index is 0.190. The van der Waals surface area contributed by atoms with Gasteiger partial charge in [0.1, 0.15) is 11.6 Å². The number of aryl methyl sites for hydroxylation is 1. The molecule has 5 rings (SSSR count). The van der Waals surface area contributed by atoms with E-state index in [9.17, 15) is 10.1 Å². The van der Waals surface area contributed by atoms with Crippen LogP contribution in [0.25, 0.3) is 10.9 Å². The Morgan fingerprint density at radius 3 is 2.50 bits per heavy atom. The fourth-order valence-corrected chi connectivity index (χ4v) is 5.38. The molecule has 0 unspecified atom stereocenters. The number of aromatic nitrogens is 1. The monoisotopic (exact) mass is 482 g/mol. The minimum atomic E-state index is -0.240. The summed E-state index contributed by atoms with van der Waals surface area (Å²) in [6.07, 6.45) is 1.05. The third kappa shape index (κ3) is 3.00. The molecule has 3 heterocycles. The molecule has 0 aliphatic carbocycles. The highest BCUT2D eigenvalue weighted by Crippen LogP contribution is 2.44. The second-order valence-electron chi connectivity index (χ2n) is 8.37. The molecule has 0 atom stereocenters. The van der Waals surface area contributed by atoms with Crippen LogP contribution >= 0.6 is 27.5 Å². The van der Waals surface area contributed by atoms with Gasteiger partial charge in [-0.25, -0.2) is 0 Å². The lowest BCUT2D eigenvalue weighted by Crippen LogP contribution is -2.57. The number of halogens is 2. The minimum Gasteiger partial charge on any atom is -0.370 e. The molecule has 3 aromatic rings. The number of rotatable bonds is 2. The van der Waals surface area contributed by atoms with E-state index < -0.39 is 0 Å². The van der Waals surface area contributed by atoms with Crippen LogP contribution < -0.4 is 15.4 Å². The van der Waals surface area contributed by atoms with Gasteiger partial charge < -0.3 is 14.4 Å². The molecule has 0 bridgehead atoms. The Kier molecular flexibility index (Phi) is 4.57. The number of nitriles is 1. The molecule has 7 heteroatoms. The summed E-state index contributed by atoms with van der Waals surface area (Å²) in [6, 6.07) is 16.1. The maximum Gasteiger partial charge on any atom is 0.270 e. The molecule has 5 nitrogen and oxygen atoms in total. The summed E-state index contributed by atoms with van der Waals surface area (Å²) in [4.78, 5) is 17.5. The molecular weight excluding hydrogens is 464 g/mol. The largest absolute Gasteiger partial charge is 0.370 e. The van der Waals surface area contributed by atoms with Crippen molar-refractivity contribution < 1.29 is 0 Å². The van der Waals surface area contributed by atoms with Gasteiger partial charge in [0.15, 0.2) is 0 Å². The van der Waals surface area contributed by atoms with E-state index in [-0.39, 0.29) is 16.5 Å². The van der Waals surface area contributed by atoms with Gasteiger partial charge in [-0.1, -0.05) is 27.5 Å². The maximum absolute atomic E-state index is 12.9. The zero-order chi connectivity index (χ0) is 21.0. The number of fused-ring (bicyclic) bond motifs is 1. The van der Waals surface area contributed by atoms with E-state index in [0.717, 1.165) is 58.7 Å². The molecule has 0 saturated carbocycles. The van der Waals surface area contributed by atoms with Crippen LogP contribution in [-0.2, 0) is 7.05 Å². The normalized spacial score (nSPS) is 17.4. The summed E-state index contributed by atoms with van der Waals surface area (Å²) in [5, 5.41) is 11.5. The molecule has 0 amide bonds. The van der Waals surface area contributed by atoms with Crippen molar-refractivity contribution in [3.8, 4) is 6.07 Å². The summed E-state index contributed by atoms with van der Waals surface area (Å²) in [7, 11) is 1.73. The van der Waals surface area contributed by atoms with Gasteiger partial charge >= 0.3 is 0 Å². The Labute approximate surface area is 188 Å². The fourth-order valence-electron chi connectivity index (χ4n) is 4.91. The number of hydrogen-bond donors (Lipinski definition) is 0. The van der Waals surface area contributed by atoms with Crippen LogP contribution in [0, 0.1) is 16.7 Å². The van der Waals surface area contributed by atoms with Crippen LogP contribution in [0.4, 0.5) is 11.4 Å². The lowest BCUT2D eigenvalue weighted by atomic mass is 9.78. The van der Waals surface area contributed by atoms with Gasteiger partial charge in [-0.3, -0.25) is 4.79 Å². The Balaban J connectivity index is 1.48. The molecule has 30 heavy (non-hydrogen) atoms. The van der Waals surface area contributed by atoms with Crippen LogP contribution in [-0.4, -0.2) is 30.7 Å². The van der Waals surface area contributed by atoms with Crippen molar-refractivity contribution in [1.82, 2.24) is 4.57 Å². The van der Waals surface area contributed by atoms with E-state index in [4.69, 9.17) is 11.6 Å². The predicted molar refractivity (Wildman–Crippen MR) is 125 cm³/mol. The van der Waals surface area contributed by atoms with Gasteiger partial charge in [-0.05, 0) is 48.9 Å². The van der Waals surface area contributed by atoms with Crippen molar-refractivity contribution in [2.75, 3.05) is 36.0 Å². The lowest BCUT2D eigenvalue weighted by molar-refractivity contribution is 0.246. The van der Waals surface area contributed by atoms with Crippen LogP contribution in [0.5, 0.6) is 0 Å². The van der Waals surface area contributed by atoms with Gasteiger partial charge in [0.25, 0.3) is 5.56 Å². The number of anilines is 2. The van der Waals surface area contributed by atoms with Crippen LogP contribution in [0.15, 0.2) is 51.7 Å². The quantitative estimate of drug-likeness (QED) is 0.537. The first-order valence-electron chi connectivity index (χ1n) is 9.89. The second-order valence-corrected chi connectivity index (χ2v) is 9.72. The zero-order valence-electron chi connectivity index (χ0n) is 16.5. The molecule has 1 spiro atoms. The van der Waals surface area contributed by atoms with Crippen molar-refractivity contribution in [3.63, 3.8) is 0 Å². The predicted octanol–water partition coefficient (Wildman–Crippen LogP) is 4.54. The first kappa shape index (κ1) is 19.5. The summed E-state index contributed by atoms with van der Waals surface area (Å²) in [6.45, 7) is 3.65. The van der Waals surface area contributed by atoms with Crippen LogP contribution in [0.1, 0.15) is 12.0 Å². The van der Waals surface area contributed by atoms with Gasteiger partial charge in [0.2, 0.25) is 0 Å². The molecule has 152 valence electrons. The fraction of sp³-hybridized carbons (Fsp3) is 0.304. The first-order chi connectivity index (χ1) is 14.4. The van der Waals surface area contributed by atoms with Gasteiger partial charge in [0.05, 0.1) is 11.2 Å². The van der Waals surface area contributed by atoms with Crippen LogP contribution in [0.2, 0.25) is 5.02 Å². The van der Waals surface area contributed by atoms with E-state index in [0.29, 0.717) is 0 Å². The summed E-state index contributed by atoms with van der Waals surface area (Å²) >= 11 is 9.51. The number of pyridine rings is 1. The van der Waals surface area contributed by atoms with Gasteiger partial charge in [-0.2, -0.15) is 5.26 Å². The maximum atomic E-state index is 12.9. The molecule has 2 aliphatic heterocycles. The Morgan fingerprint density at radius 1 is 1.10 bits per heavy atom. The highest BCUT2D eigenvalue weighted by atomic mass is 79.9. The van der Waals surface area contributed by atoms with Crippen molar-refractivity contribution >= 4 is 49.8 Å². The summed E-state index contributed by atoms with van der Waals surface area (Å²) in [5.41, 5.74) is 2.99. The van der Waals surface area contributed by atoms with Gasteiger partial charge in [-0.15, -0.1) is 0 Å². The van der Waals surface area contributed by atoms with E-state index in [1.807, 2.05) is 30.3 Å². The molecular formula is C23H20BrClN4O. The Bertz CT molecular complexity index is 1260. The second kappa shape index (κ2) is 7.04. The smallest absolute Gasteiger partial charge is 0.270 e. The third-order valence-corrected chi connectivity index (χ3v) is 7.19. The first-order valence-corrected chi connectivity index (χ1v) is 11.1. The van der Waals surface area contributed by atoms with E-state index in [1.165, 1.54) is 5.69 Å². The Hall–Kier alpha value is -2.49. The van der Waals surface area contributed by atoms with E-state index >= 15 is 0 Å². The standard InChI is InChI=1S/C23H20BrClN4O/c1-27-20-10-15(24)2-7-18(20)21(19(11-26)22(27)30)28-9-8-23(12-28)13-29(14-23)17-5-3-16(25)4-6-17/h2-7,10H,8-9,12-14H2,1H3. The highest BCUT2D eigenvalue weighted by Gasteiger charge is 2.48. The number of nitrogens with zero attached hydrogens (tertiary/aromatic N) is 4. The molecule has 2 fully saturated rings. The van der Waals surface area contributed by atoms with Crippen molar-refractivity contribution in [2.24, 2.45) is 12.5 Å². The zero-order valence-corrected chi connectivity index (χ0v) is 18.9. The molecule has 2 aliphatic rings. The number of benzene rings is 2. The van der Waals surface area contributed by atoms with Crippen LogP contribution in [0.3, 0.4) is 0 Å². The molecule has 0 radical (unpaired) electrons. The average molecular weight is 484 g/mol. The van der Waals surface area contributed by atoms with Gasteiger partial charge in [0, 0.05) is 59.2 Å². The topological polar surface area (TPSA) is 52.3 Å². The Morgan fingerprint density at radius 2 is 1.80 bits per heavy atom. The van der Waals surface area contributed by atoms with Crippen molar-refractivity contribution in [3.05, 3.63) is 67.9 Å². The number of hydrogen-bond acceptors (Lipinski definition) is 4. The third-order valence-electron chi connectivity index (χ3n) is 6.44. The molecule has 0 N–H and O–H groups in total. The average Bonchev–Trinajstić information content (AvgIpc) is 3.16. The molecule has 1 aromatic heterocycles. The van der Waals surface area contributed by atoms with Crippen molar-refractivity contribution in [1.29, 1.82) is 5.26 Å². The highest BCUT2D eigenvalue weighted by molar-refractivity contribution is 9.10. The SMILES string of the molecule is Cn1c(=O)c(C#N)c(N2CCC3(CN(c4ccc(Cl)cc4)C3)C2)c2ccc(Br)cc21. The molecule has 2 saturated heterocycles. The summed E-state index contributed by atoms with van der Waals surface area (Å²) < 4.78 is 2.48. The molecule has 2 aromatic carbocycles. The van der Waals surface area contributed by atoms with E-state index in [1.54, 1.807) is 11.6 Å². The van der Waals surface area contributed by atoms with Crippen molar-refractivity contribution in [2.45, 2.75) is 6.42 Å². The lowest BCUT2D eigenvalue weighted by Gasteiger charge is -2.49. The van der Waals surface area contributed by atoms with E-state index in [2.05, 4.69) is 43.9 Å².